The van der Waals surface area contributed by atoms with Crippen LogP contribution in [0.3, 0.4) is 0 Å². The van der Waals surface area contributed by atoms with Crippen LogP contribution in [-0.4, -0.2) is 30.2 Å². The third kappa shape index (κ3) is 5.11. The van der Waals surface area contributed by atoms with Crippen LogP contribution >= 0.6 is 22.6 Å². The molecule has 3 aromatic carbocycles. The van der Waals surface area contributed by atoms with E-state index in [2.05, 4.69) is 43.8 Å². The first-order chi connectivity index (χ1) is 17.0. The summed E-state index contributed by atoms with van der Waals surface area (Å²) in [4.78, 5) is 37.0. The normalized spacial score (nSPS) is 14.4. The number of halogens is 1. The van der Waals surface area contributed by atoms with Crippen LogP contribution in [0.25, 0.3) is 0 Å². The predicted octanol–water partition coefficient (Wildman–Crippen LogP) is 3.50. The topological polar surface area (TPSA) is 120 Å². The Morgan fingerprint density at radius 2 is 1.80 bits per heavy atom. The van der Waals surface area contributed by atoms with Gasteiger partial charge in [-0.1, -0.05) is 6.07 Å². The van der Waals surface area contributed by atoms with Crippen LogP contribution in [0, 0.1) is 3.57 Å². The maximum atomic E-state index is 12.5. The fourth-order valence-corrected chi connectivity index (χ4v) is 4.13. The molecule has 0 saturated carbocycles. The minimum atomic E-state index is -0.499. The van der Waals surface area contributed by atoms with Crippen molar-refractivity contribution >= 4 is 57.4 Å². The lowest BCUT2D eigenvalue weighted by Crippen LogP contribution is -2.23. The number of fused-ring (bicyclic) bond motifs is 2. The predicted molar refractivity (Wildman–Crippen MR) is 136 cm³/mol. The lowest BCUT2D eigenvalue weighted by atomic mass is 10.1. The first-order valence-corrected chi connectivity index (χ1v) is 11.8. The molecule has 2 aliphatic heterocycles. The zero-order valence-electron chi connectivity index (χ0n) is 18.2. The Morgan fingerprint density at radius 3 is 2.63 bits per heavy atom. The number of carbonyl (C=O) groups excluding carboxylic acids is 3. The summed E-state index contributed by atoms with van der Waals surface area (Å²) in [7, 11) is 0. The zero-order chi connectivity index (χ0) is 24.4. The van der Waals surface area contributed by atoms with E-state index in [9.17, 15) is 14.4 Å². The van der Waals surface area contributed by atoms with Gasteiger partial charge in [-0.3, -0.25) is 14.4 Å². The van der Waals surface area contributed by atoms with E-state index in [4.69, 9.17) is 9.47 Å². The standard InChI is InChI=1S/C25H18IN4O5/c26-16-5-8-19-18(12-16)23(25(33)28-19)29-30-24(32)15-3-6-17(7-4-15)27-22(31)10-2-14-1-9-20-21(11-14)35-13-34-20/h1,3-9,11-12H,2,10,13H2,(H,27,31)(H,30,32)/b29-23-. The van der Waals surface area contributed by atoms with E-state index in [1.54, 1.807) is 36.4 Å². The summed E-state index contributed by atoms with van der Waals surface area (Å²) < 4.78 is 11.6. The largest absolute Gasteiger partial charge is 0.454 e. The Morgan fingerprint density at radius 1 is 1.00 bits per heavy atom. The SMILES string of the molecule is O=C(CCc1ccc2c(c1)OCO2)Nc1ccc(C(=O)N/N=C2\C(=O)[N]c3ccc(I)cc32)cc1. The number of nitrogens with one attached hydrogen (secondary N) is 2. The molecule has 2 heterocycles. The molecule has 10 heteroatoms. The molecule has 0 unspecified atom stereocenters. The van der Waals surface area contributed by atoms with E-state index < -0.39 is 11.8 Å². The van der Waals surface area contributed by atoms with Gasteiger partial charge in [0, 0.05) is 26.8 Å². The highest BCUT2D eigenvalue weighted by Gasteiger charge is 2.28. The molecule has 0 fully saturated rings. The summed E-state index contributed by atoms with van der Waals surface area (Å²) >= 11 is 2.13. The Bertz CT molecular complexity index is 1370. The third-order valence-electron chi connectivity index (χ3n) is 5.42. The molecule has 0 aliphatic carbocycles. The average Bonchev–Trinajstić information content (AvgIpc) is 3.44. The van der Waals surface area contributed by atoms with Crippen LogP contribution < -0.4 is 25.5 Å². The van der Waals surface area contributed by atoms with Crippen molar-refractivity contribution in [1.82, 2.24) is 10.7 Å². The number of amides is 3. The van der Waals surface area contributed by atoms with Crippen LogP contribution in [0.15, 0.2) is 65.8 Å². The van der Waals surface area contributed by atoms with Gasteiger partial charge in [0.15, 0.2) is 17.2 Å². The number of rotatable bonds is 6. The molecule has 35 heavy (non-hydrogen) atoms. The van der Waals surface area contributed by atoms with E-state index in [1.165, 1.54) is 0 Å². The van der Waals surface area contributed by atoms with E-state index in [0.717, 1.165) is 9.13 Å². The lowest BCUT2D eigenvalue weighted by Gasteiger charge is -2.07. The van der Waals surface area contributed by atoms with Crippen LogP contribution in [0.5, 0.6) is 11.5 Å². The number of anilines is 1. The number of benzene rings is 3. The lowest BCUT2D eigenvalue weighted by molar-refractivity contribution is -0.116. The van der Waals surface area contributed by atoms with Gasteiger partial charge in [-0.05, 0) is 89.2 Å². The summed E-state index contributed by atoms with van der Waals surface area (Å²) in [6, 6.07) is 17.4. The van der Waals surface area contributed by atoms with Gasteiger partial charge in [-0.25, -0.2) is 10.7 Å². The van der Waals surface area contributed by atoms with Crippen molar-refractivity contribution in [3.63, 3.8) is 0 Å². The van der Waals surface area contributed by atoms with Crippen LogP contribution in [0.1, 0.15) is 27.9 Å². The van der Waals surface area contributed by atoms with Gasteiger partial charge < -0.3 is 14.8 Å². The molecule has 5 rings (SSSR count). The number of hydrogen-bond donors (Lipinski definition) is 2. The summed E-state index contributed by atoms with van der Waals surface area (Å²) in [6.45, 7) is 0.210. The molecule has 3 amide bonds. The van der Waals surface area contributed by atoms with E-state index in [-0.39, 0.29) is 18.4 Å². The highest BCUT2D eigenvalue weighted by Crippen LogP contribution is 2.32. The summed E-state index contributed by atoms with van der Waals surface area (Å²) in [5, 5.41) is 10.7. The minimum absolute atomic E-state index is 0.0956. The molecule has 2 N–H and O–H groups in total. The van der Waals surface area contributed by atoms with Crippen LogP contribution in [-0.2, 0) is 16.0 Å². The number of hydrogen-bond acceptors (Lipinski definition) is 6. The summed E-state index contributed by atoms with van der Waals surface area (Å²) in [5.74, 6) is 0.264. The average molecular weight is 581 g/mol. The molecular formula is C25H18IN4O5. The van der Waals surface area contributed by atoms with Gasteiger partial charge in [-0.2, -0.15) is 5.10 Å². The number of aryl methyl sites for hydroxylation is 1. The van der Waals surface area contributed by atoms with Crippen molar-refractivity contribution < 1.29 is 23.9 Å². The molecule has 175 valence electrons. The maximum Gasteiger partial charge on any atom is 0.298 e. The fraction of sp³-hybridized carbons (Fsp3) is 0.120. The van der Waals surface area contributed by atoms with Gasteiger partial charge in [0.25, 0.3) is 11.8 Å². The molecule has 1 radical (unpaired) electrons. The van der Waals surface area contributed by atoms with Crippen molar-refractivity contribution in [3.05, 3.63) is 80.9 Å². The smallest absolute Gasteiger partial charge is 0.298 e. The first-order valence-electron chi connectivity index (χ1n) is 10.7. The molecular weight excluding hydrogens is 563 g/mol. The number of nitrogens with zero attached hydrogens (tertiary/aromatic N) is 2. The third-order valence-corrected chi connectivity index (χ3v) is 6.09. The van der Waals surface area contributed by atoms with Crippen molar-refractivity contribution in [3.8, 4) is 11.5 Å². The Kier molecular flexibility index (Phi) is 6.36. The van der Waals surface area contributed by atoms with Gasteiger partial charge >= 0.3 is 0 Å². The number of carbonyl (C=O) groups is 3. The van der Waals surface area contributed by atoms with Gasteiger partial charge in [0.1, 0.15) is 0 Å². The van der Waals surface area contributed by atoms with Crippen LogP contribution in [0.2, 0.25) is 0 Å². The van der Waals surface area contributed by atoms with Gasteiger partial charge in [0.05, 0.1) is 5.69 Å². The first kappa shape index (κ1) is 22.8. The molecule has 0 atom stereocenters. The zero-order valence-corrected chi connectivity index (χ0v) is 20.4. The molecule has 0 aromatic heterocycles. The fourth-order valence-electron chi connectivity index (χ4n) is 3.64. The van der Waals surface area contributed by atoms with Crippen molar-refractivity contribution in [2.75, 3.05) is 12.1 Å². The summed E-state index contributed by atoms with van der Waals surface area (Å²) in [6.07, 6.45) is 0.843. The number of hydrazone groups is 1. The van der Waals surface area contributed by atoms with E-state index in [0.29, 0.717) is 46.8 Å². The second-order valence-corrected chi connectivity index (χ2v) is 9.04. The molecule has 3 aromatic rings. The van der Waals surface area contributed by atoms with Crippen molar-refractivity contribution in [1.29, 1.82) is 0 Å². The highest BCUT2D eigenvalue weighted by atomic mass is 127. The number of ether oxygens (including phenoxy) is 2. The van der Waals surface area contributed by atoms with E-state index >= 15 is 0 Å². The van der Waals surface area contributed by atoms with Gasteiger partial charge in [0.2, 0.25) is 12.7 Å². The molecule has 2 aliphatic rings. The van der Waals surface area contributed by atoms with E-state index in [1.807, 2.05) is 24.3 Å². The molecule has 9 nitrogen and oxygen atoms in total. The van der Waals surface area contributed by atoms with Crippen molar-refractivity contribution in [2.24, 2.45) is 5.10 Å². The Labute approximate surface area is 214 Å². The highest BCUT2D eigenvalue weighted by molar-refractivity contribution is 14.1. The maximum absolute atomic E-state index is 12.5. The summed E-state index contributed by atoms with van der Waals surface area (Å²) in [5.41, 5.74) is 5.49. The molecule has 0 spiro atoms. The second kappa shape index (κ2) is 9.74. The van der Waals surface area contributed by atoms with Gasteiger partial charge in [-0.15, -0.1) is 0 Å². The molecule has 0 bridgehead atoms. The second-order valence-electron chi connectivity index (χ2n) is 7.79. The molecule has 0 saturated heterocycles. The van der Waals surface area contributed by atoms with Crippen LogP contribution in [0.4, 0.5) is 11.4 Å². The van der Waals surface area contributed by atoms with Crippen molar-refractivity contribution in [2.45, 2.75) is 12.8 Å². The monoisotopic (exact) mass is 581 g/mol. The Balaban J connectivity index is 1.16. The Hall–Kier alpha value is -3.93. The quantitative estimate of drug-likeness (QED) is 0.341. The minimum Gasteiger partial charge on any atom is -0.454 e.